The van der Waals surface area contributed by atoms with Gasteiger partial charge in [-0.1, -0.05) is 23.7 Å². The summed E-state index contributed by atoms with van der Waals surface area (Å²) in [4.78, 5) is 18.8. The Bertz CT molecular complexity index is 685. The molecular formula is C18H20ClN3O2. The third-order valence-corrected chi connectivity index (χ3v) is 4.18. The molecule has 1 N–H and O–H groups in total. The number of carbonyl (C=O) groups is 1. The number of aryl methyl sites for hydroxylation is 1. The molecule has 1 aliphatic heterocycles. The third kappa shape index (κ3) is 4.46. The number of morpholine rings is 1. The molecule has 6 heteroatoms. The highest BCUT2D eigenvalue weighted by atomic mass is 35.5. The van der Waals surface area contributed by atoms with E-state index in [0.29, 0.717) is 31.1 Å². The van der Waals surface area contributed by atoms with Gasteiger partial charge in [-0.05, 0) is 36.2 Å². The number of nitrogens with one attached hydrogen (secondary N) is 1. The number of aromatic nitrogens is 1. The summed E-state index contributed by atoms with van der Waals surface area (Å²) in [6.07, 6.45) is 2.84. The molecule has 0 saturated carbocycles. The van der Waals surface area contributed by atoms with Crippen LogP contribution in [0.4, 0.5) is 11.5 Å². The van der Waals surface area contributed by atoms with Gasteiger partial charge in [0.25, 0.3) is 0 Å². The summed E-state index contributed by atoms with van der Waals surface area (Å²) in [6, 6.07) is 11.3. The van der Waals surface area contributed by atoms with Crippen molar-refractivity contribution in [2.45, 2.75) is 12.8 Å². The number of ether oxygens (including phenoxy) is 1. The van der Waals surface area contributed by atoms with Gasteiger partial charge in [0.05, 0.1) is 18.9 Å². The Kier molecular flexibility index (Phi) is 5.67. The SMILES string of the molecule is O=C(CCc1ccc(Cl)cc1)Nc1cccnc1N1CCOCC1. The van der Waals surface area contributed by atoms with E-state index in [0.717, 1.165) is 30.2 Å². The van der Waals surface area contributed by atoms with Gasteiger partial charge in [0.1, 0.15) is 0 Å². The highest BCUT2D eigenvalue weighted by Crippen LogP contribution is 2.23. The van der Waals surface area contributed by atoms with Crippen LogP contribution in [-0.2, 0) is 16.0 Å². The molecule has 1 aromatic carbocycles. The summed E-state index contributed by atoms with van der Waals surface area (Å²) in [5, 5.41) is 3.68. The molecule has 1 amide bonds. The van der Waals surface area contributed by atoms with E-state index in [2.05, 4.69) is 15.2 Å². The molecule has 1 saturated heterocycles. The van der Waals surface area contributed by atoms with Crippen molar-refractivity contribution in [3.05, 3.63) is 53.2 Å². The molecule has 24 heavy (non-hydrogen) atoms. The number of hydrogen-bond donors (Lipinski definition) is 1. The van der Waals surface area contributed by atoms with Crippen LogP contribution in [0.25, 0.3) is 0 Å². The number of rotatable bonds is 5. The topological polar surface area (TPSA) is 54.5 Å². The fourth-order valence-corrected chi connectivity index (χ4v) is 2.77. The number of halogens is 1. The van der Waals surface area contributed by atoms with Crippen LogP contribution in [0.15, 0.2) is 42.6 Å². The number of hydrogen-bond acceptors (Lipinski definition) is 4. The molecule has 126 valence electrons. The van der Waals surface area contributed by atoms with Gasteiger partial charge in [-0.2, -0.15) is 0 Å². The van der Waals surface area contributed by atoms with Crippen molar-refractivity contribution in [3.8, 4) is 0 Å². The molecular weight excluding hydrogens is 326 g/mol. The first kappa shape index (κ1) is 16.7. The molecule has 3 rings (SSSR count). The van der Waals surface area contributed by atoms with Crippen LogP contribution < -0.4 is 10.2 Å². The summed E-state index contributed by atoms with van der Waals surface area (Å²) in [5.41, 5.74) is 1.84. The zero-order chi connectivity index (χ0) is 16.8. The molecule has 0 atom stereocenters. The van der Waals surface area contributed by atoms with E-state index in [-0.39, 0.29) is 5.91 Å². The van der Waals surface area contributed by atoms with Crippen molar-refractivity contribution in [1.82, 2.24) is 4.98 Å². The first-order valence-corrected chi connectivity index (χ1v) is 8.42. The number of amides is 1. The summed E-state index contributed by atoms with van der Waals surface area (Å²) in [7, 11) is 0. The van der Waals surface area contributed by atoms with Crippen LogP contribution in [0.1, 0.15) is 12.0 Å². The number of benzene rings is 1. The number of nitrogens with zero attached hydrogens (tertiary/aromatic N) is 2. The third-order valence-electron chi connectivity index (χ3n) is 3.93. The van der Waals surface area contributed by atoms with Crippen molar-refractivity contribution in [1.29, 1.82) is 0 Å². The zero-order valence-corrected chi connectivity index (χ0v) is 14.1. The van der Waals surface area contributed by atoms with E-state index in [1.165, 1.54) is 0 Å². The standard InChI is InChI=1S/C18H20ClN3O2/c19-15-6-3-14(4-7-15)5-8-17(23)21-16-2-1-9-20-18(16)22-10-12-24-13-11-22/h1-4,6-7,9H,5,8,10-13H2,(H,21,23). The molecule has 1 fully saturated rings. The minimum Gasteiger partial charge on any atom is -0.378 e. The monoisotopic (exact) mass is 345 g/mol. The second-order valence-electron chi connectivity index (χ2n) is 5.65. The Morgan fingerprint density at radius 2 is 1.96 bits per heavy atom. The van der Waals surface area contributed by atoms with E-state index >= 15 is 0 Å². The van der Waals surface area contributed by atoms with Crippen molar-refractivity contribution in [3.63, 3.8) is 0 Å². The van der Waals surface area contributed by atoms with E-state index in [9.17, 15) is 4.79 Å². The van der Waals surface area contributed by atoms with Crippen LogP contribution in [0.3, 0.4) is 0 Å². The number of carbonyl (C=O) groups excluding carboxylic acids is 1. The minimum absolute atomic E-state index is 0.0209. The number of pyridine rings is 1. The molecule has 2 aromatic rings. The normalized spacial score (nSPS) is 14.5. The average molecular weight is 346 g/mol. The van der Waals surface area contributed by atoms with Crippen LogP contribution in [-0.4, -0.2) is 37.2 Å². The second kappa shape index (κ2) is 8.13. The quantitative estimate of drug-likeness (QED) is 0.904. The predicted octanol–water partition coefficient (Wildman–Crippen LogP) is 3.14. The van der Waals surface area contributed by atoms with E-state index in [1.54, 1.807) is 6.20 Å². The van der Waals surface area contributed by atoms with Gasteiger partial charge >= 0.3 is 0 Å². The Morgan fingerprint density at radius 3 is 2.71 bits per heavy atom. The van der Waals surface area contributed by atoms with Gasteiger partial charge in [-0.15, -0.1) is 0 Å². The Hall–Kier alpha value is -2.11. The van der Waals surface area contributed by atoms with Gasteiger partial charge in [0.15, 0.2) is 5.82 Å². The first-order chi connectivity index (χ1) is 11.7. The smallest absolute Gasteiger partial charge is 0.224 e. The molecule has 1 aliphatic rings. The number of anilines is 2. The molecule has 0 aliphatic carbocycles. The van der Waals surface area contributed by atoms with E-state index in [4.69, 9.17) is 16.3 Å². The fraction of sp³-hybridized carbons (Fsp3) is 0.333. The average Bonchev–Trinajstić information content (AvgIpc) is 2.62. The maximum Gasteiger partial charge on any atom is 0.224 e. The fourth-order valence-electron chi connectivity index (χ4n) is 2.64. The van der Waals surface area contributed by atoms with Crippen molar-refractivity contribution < 1.29 is 9.53 Å². The van der Waals surface area contributed by atoms with E-state index in [1.807, 2.05) is 36.4 Å². The molecule has 0 spiro atoms. The largest absolute Gasteiger partial charge is 0.378 e. The molecule has 1 aromatic heterocycles. The van der Waals surface area contributed by atoms with E-state index < -0.39 is 0 Å². The van der Waals surface area contributed by atoms with Crippen molar-refractivity contribution >= 4 is 29.0 Å². The van der Waals surface area contributed by atoms with Gasteiger partial charge in [0, 0.05) is 30.7 Å². The molecule has 0 bridgehead atoms. The molecule has 0 radical (unpaired) electrons. The summed E-state index contributed by atoms with van der Waals surface area (Å²) in [6.45, 7) is 2.93. The first-order valence-electron chi connectivity index (χ1n) is 8.04. The van der Waals surface area contributed by atoms with Crippen molar-refractivity contribution in [2.24, 2.45) is 0 Å². The molecule has 0 unspecified atom stereocenters. The molecule has 2 heterocycles. The summed E-state index contributed by atoms with van der Waals surface area (Å²) >= 11 is 5.87. The van der Waals surface area contributed by atoms with Crippen LogP contribution in [0.5, 0.6) is 0 Å². The maximum atomic E-state index is 12.3. The molecule has 5 nitrogen and oxygen atoms in total. The van der Waals surface area contributed by atoms with Crippen molar-refractivity contribution in [2.75, 3.05) is 36.5 Å². The predicted molar refractivity (Wildman–Crippen MR) is 95.7 cm³/mol. The zero-order valence-electron chi connectivity index (χ0n) is 13.4. The highest BCUT2D eigenvalue weighted by Gasteiger charge is 2.17. The minimum atomic E-state index is -0.0209. The second-order valence-corrected chi connectivity index (χ2v) is 6.09. The van der Waals surface area contributed by atoms with Crippen LogP contribution >= 0.6 is 11.6 Å². The van der Waals surface area contributed by atoms with Crippen LogP contribution in [0.2, 0.25) is 5.02 Å². The van der Waals surface area contributed by atoms with Gasteiger partial charge in [-0.25, -0.2) is 4.98 Å². The van der Waals surface area contributed by atoms with Crippen LogP contribution in [0, 0.1) is 0 Å². The van der Waals surface area contributed by atoms with Gasteiger partial charge in [0.2, 0.25) is 5.91 Å². The lowest BCUT2D eigenvalue weighted by Gasteiger charge is -2.29. The lowest BCUT2D eigenvalue weighted by molar-refractivity contribution is -0.116. The highest BCUT2D eigenvalue weighted by molar-refractivity contribution is 6.30. The summed E-state index contributed by atoms with van der Waals surface area (Å²) < 4.78 is 5.37. The lowest BCUT2D eigenvalue weighted by atomic mass is 10.1. The lowest BCUT2D eigenvalue weighted by Crippen LogP contribution is -2.37. The maximum absolute atomic E-state index is 12.3. The Morgan fingerprint density at radius 1 is 1.21 bits per heavy atom. The Balaban J connectivity index is 1.60. The summed E-state index contributed by atoms with van der Waals surface area (Å²) in [5.74, 6) is 0.785. The van der Waals surface area contributed by atoms with Gasteiger partial charge < -0.3 is 15.0 Å². The Labute approximate surface area is 146 Å². The van der Waals surface area contributed by atoms with Gasteiger partial charge in [-0.3, -0.25) is 4.79 Å².